The Balaban J connectivity index is 2.25. The van der Waals surface area contributed by atoms with E-state index in [1.54, 1.807) is 7.11 Å². The van der Waals surface area contributed by atoms with Crippen molar-refractivity contribution in [3.8, 4) is 5.75 Å². The van der Waals surface area contributed by atoms with E-state index in [2.05, 4.69) is 24.1 Å². The highest BCUT2D eigenvalue weighted by Gasteiger charge is 2.25. The maximum absolute atomic E-state index is 5.61. The highest BCUT2D eigenvalue weighted by molar-refractivity contribution is 5.61. The van der Waals surface area contributed by atoms with Crippen LogP contribution in [0.5, 0.6) is 5.75 Å². The average molecular weight is 206 g/mol. The first-order valence-electron chi connectivity index (χ1n) is 5.36. The van der Waals surface area contributed by atoms with Crippen molar-refractivity contribution >= 4 is 5.69 Å². The smallest absolute Gasteiger partial charge is 0.120 e. The molecule has 0 fully saturated rings. The first kappa shape index (κ1) is 10.3. The minimum atomic E-state index is 0.553. The van der Waals surface area contributed by atoms with Crippen LogP contribution in [-0.4, -0.2) is 26.7 Å². The maximum Gasteiger partial charge on any atom is 0.120 e. The van der Waals surface area contributed by atoms with Crippen LogP contribution in [0.25, 0.3) is 0 Å². The summed E-state index contributed by atoms with van der Waals surface area (Å²) in [4.78, 5) is 2.31. The number of nitrogens with two attached hydrogens (primary N) is 1. The Morgan fingerprint density at radius 1 is 1.53 bits per heavy atom. The van der Waals surface area contributed by atoms with E-state index >= 15 is 0 Å². The van der Waals surface area contributed by atoms with Gasteiger partial charge in [-0.1, -0.05) is 6.07 Å². The van der Waals surface area contributed by atoms with Gasteiger partial charge in [-0.3, -0.25) is 0 Å². The van der Waals surface area contributed by atoms with Crippen LogP contribution >= 0.6 is 0 Å². The van der Waals surface area contributed by atoms with E-state index < -0.39 is 0 Å². The van der Waals surface area contributed by atoms with Gasteiger partial charge in [-0.2, -0.15) is 0 Å². The number of likely N-dealkylation sites (N-methyl/N-ethyl adjacent to an activating group) is 1. The number of methoxy groups -OCH3 is 1. The SMILES string of the molecule is COc1ccc2c(c1)N(C)C(CCN)C2. The van der Waals surface area contributed by atoms with Crippen molar-refractivity contribution in [1.29, 1.82) is 0 Å². The van der Waals surface area contributed by atoms with E-state index in [4.69, 9.17) is 10.5 Å². The zero-order chi connectivity index (χ0) is 10.8. The third kappa shape index (κ3) is 1.79. The van der Waals surface area contributed by atoms with E-state index in [1.165, 1.54) is 11.3 Å². The lowest BCUT2D eigenvalue weighted by molar-refractivity contribution is 0.415. The van der Waals surface area contributed by atoms with Crippen molar-refractivity contribution < 1.29 is 4.74 Å². The van der Waals surface area contributed by atoms with Gasteiger partial charge < -0.3 is 15.4 Å². The molecule has 0 amide bonds. The van der Waals surface area contributed by atoms with Crippen LogP contribution in [0.1, 0.15) is 12.0 Å². The van der Waals surface area contributed by atoms with E-state index in [0.29, 0.717) is 6.04 Å². The molecular formula is C12H18N2O. The van der Waals surface area contributed by atoms with E-state index in [-0.39, 0.29) is 0 Å². The Morgan fingerprint density at radius 3 is 3.00 bits per heavy atom. The minimum absolute atomic E-state index is 0.553. The number of anilines is 1. The molecule has 82 valence electrons. The molecule has 1 unspecified atom stereocenters. The Morgan fingerprint density at radius 2 is 2.33 bits per heavy atom. The second-order valence-electron chi connectivity index (χ2n) is 4.04. The van der Waals surface area contributed by atoms with E-state index in [1.807, 2.05) is 6.07 Å². The monoisotopic (exact) mass is 206 g/mol. The molecule has 0 spiro atoms. The standard InChI is InChI=1S/C12H18N2O/c1-14-10(5-6-13)7-9-3-4-11(15-2)8-12(9)14/h3-4,8,10H,5-7,13H2,1-2H3. The lowest BCUT2D eigenvalue weighted by Gasteiger charge is -2.22. The van der Waals surface area contributed by atoms with Crippen LogP contribution in [0.3, 0.4) is 0 Å². The summed E-state index contributed by atoms with van der Waals surface area (Å²) in [5.41, 5.74) is 8.29. The van der Waals surface area contributed by atoms with Crippen molar-refractivity contribution in [2.75, 3.05) is 25.6 Å². The summed E-state index contributed by atoms with van der Waals surface area (Å²) in [5.74, 6) is 0.925. The fraction of sp³-hybridized carbons (Fsp3) is 0.500. The lowest BCUT2D eigenvalue weighted by Crippen LogP contribution is -2.29. The number of hydrogen-bond donors (Lipinski definition) is 1. The van der Waals surface area contributed by atoms with E-state index in [9.17, 15) is 0 Å². The van der Waals surface area contributed by atoms with Crippen molar-refractivity contribution in [1.82, 2.24) is 0 Å². The number of hydrogen-bond acceptors (Lipinski definition) is 3. The maximum atomic E-state index is 5.61. The van der Waals surface area contributed by atoms with Gasteiger partial charge in [0.25, 0.3) is 0 Å². The van der Waals surface area contributed by atoms with Gasteiger partial charge >= 0.3 is 0 Å². The summed E-state index contributed by atoms with van der Waals surface area (Å²) in [6, 6.07) is 6.84. The van der Waals surface area contributed by atoms with Gasteiger partial charge in [0, 0.05) is 24.8 Å². The molecule has 0 aliphatic carbocycles. The van der Waals surface area contributed by atoms with Crippen LogP contribution < -0.4 is 15.4 Å². The predicted octanol–water partition coefficient (Wildman–Crippen LogP) is 1.40. The third-order valence-electron chi connectivity index (χ3n) is 3.18. The van der Waals surface area contributed by atoms with E-state index in [0.717, 1.165) is 25.1 Å². The molecule has 1 heterocycles. The van der Waals surface area contributed by atoms with Gasteiger partial charge in [-0.25, -0.2) is 0 Å². The number of rotatable bonds is 3. The van der Waals surface area contributed by atoms with Crippen LogP contribution in [0, 0.1) is 0 Å². The minimum Gasteiger partial charge on any atom is -0.497 e. The molecule has 2 rings (SSSR count). The summed E-state index contributed by atoms with van der Waals surface area (Å²) in [7, 11) is 3.83. The third-order valence-corrected chi connectivity index (χ3v) is 3.18. The molecule has 2 N–H and O–H groups in total. The summed E-state index contributed by atoms with van der Waals surface area (Å²) in [6.07, 6.45) is 2.15. The first-order valence-corrected chi connectivity index (χ1v) is 5.36. The topological polar surface area (TPSA) is 38.5 Å². The Labute approximate surface area is 90.8 Å². The molecule has 15 heavy (non-hydrogen) atoms. The Bertz CT molecular complexity index is 351. The second kappa shape index (κ2) is 4.11. The molecule has 0 aromatic heterocycles. The van der Waals surface area contributed by atoms with Gasteiger partial charge in [0.15, 0.2) is 0 Å². The van der Waals surface area contributed by atoms with Crippen LogP contribution in [0.2, 0.25) is 0 Å². The average Bonchev–Trinajstić information content (AvgIpc) is 2.56. The molecule has 0 radical (unpaired) electrons. The van der Waals surface area contributed by atoms with Gasteiger partial charge in [-0.05, 0) is 31.0 Å². The van der Waals surface area contributed by atoms with Crippen molar-refractivity contribution in [3.63, 3.8) is 0 Å². The first-order chi connectivity index (χ1) is 7.26. The zero-order valence-corrected chi connectivity index (χ0v) is 9.36. The fourth-order valence-corrected chi connectivity index (χ4v) is 2.25. The number of fused-ring (bicyclic) bond motifs is 1. The van der Waals surface area contributed by atoms with Crippen molar-refractivity contribution in [2.45, 2.75) is 18.9 Å². The highest BCUT2D eigenvalue weighted by Crippen LogP contribution is 2.34. The van der Waals surface area contributed by atoms with Gasteiger partial charge in [-0.15, -0.1) is 0 Å². The highest BCUT2D eigenvalue weighted by atomic mass is 16.5. The van der Waals surface area contributed by atoms with Gasteiger partial charge in [0.2, 0.25) is 0 Å². The fourth-order valence-electron chi connectivity index (χ4n) is 2.25. The molecule has 1 aromatic carbocycles. The number of nitrogens with zero attached hydrogens (tertiary/aromatic N) is 1. The molecule has 1 atom stereocenters. The second-order valence-corrected chi connectivity index (χ2v) is 4.04. The quantitative estimate of drug-likeness (QED) is 0.812. The predicted molar refractivity (Wildman–Crippen MR) is 62.6 cm³/mol. The van der Waals surface area contributed by atoms with Gasteiger partial charge in [0.1, 0.15) is 5.75 Å². The largest absolute Gasteiger partial charge is 0.497 e. The molecule has 0 saturated heterocycles. The normalized spacial score (nSPS) is 19.1. The summed E-state index contributed by atoms with van der Waals surface area (Å²) < 4.78 is 5.23. The van der Waals surface area contributed by atoms with Crippen LogP contribution in [0.15, 0.2) is 18.2 Å². The Hall–Kier alpha value is -1.22. The zero-order valence-electron chi connectivity index (χ0n) is 9.36. The molecule has 1 aliphatic rings. The molecular weight excluding hydrogens is 188 g/mol. The van der Waals surface area contributed by atoms with Crippen molar-refractivity contribution in [2.24, 2.45) is 5.73 Å². The number of benzene rings is 1. The molecule has 1 aliphatic heterocycles. The summed E-state index contributed by atoms with van der Waals surface area (Å²) in [5, 5.41) is 0. The summed E-state index contributed by atoms with van der Waals surface area (Å²) >= 11 is 0. The Kier molecular flexibility index (Phi) is 2.82. The van der Waals surface area contributed by atoms with Crippen LogP contribution in [0.4, 0.5) is 5.69 Å². The molecule has 1 aromatic rings. The lowest BCUT2D eigenvalue weighted by atomic mass is 10.1. The van der Waals surface area contributed by atoms with Crippen molar-refractivity contribution in [3.05, 3.63) is 23.8 Å². The number of ether oxygens (including phenoxy) is 1. The molecule has 0 saturated carbocycles. The van der Waals surface area contributed by atoms with Crippen LogP contribution in [-0.2, 0) is 6.42 Å². The summed E-state index contributed by atoms with van der Waals surface area (Å²) in [6.45, 7) is 0.750. The molecule has 3 heteroatoms. The molecule has 3 nitrogen and oxygen atoms in total. The molecule has 0 bridgehead atoms. The van der Waals surface area contributed by atoms with Gasteiger partial charge in [0.05, 0.1) is 7.11 Å².